The average molecular weight is 839 g/mol. The van der Waals surface area contributed by atoms with Crippen LogP contribution in [0, 0.1) is 6.92 Å². The normalized spacial score (nSPS) is 11.2. The van der Waals surface area contributed by atoms with Gasteiger partial charge in [0.05, 0.1) is 28.3 Å². The third kappa shape index (κ3) is 7.43. The van der Waals surface area contributed by atoms with Crippen molar-refractivity contribution in [3.63, 3.8) is 0 Å². The summed E-state index contributed by atoms with van der Waals surface area (Å²) in [7, 11) is 0. The van der Waals surface area contributed by atoms with Gasteiger partial charge in [0.25, 0.3) is 0 Å². The highest BCUT2D eigenvalue weighted by Crippen LogP contribution is 2.43. The standard InChI is InChI=1S/C59H42N4O2/c1-40-38-45-26-14-15-27-46(45)39-52(40)59-61-55(42-20-8-3-9-21-42)57(44-24-12-5-13-25-44)63(59)48-32-36-50(37-33-48)65-49-34-30-47(31-35-49)62-56(43-22-10-4-11-23-43)54(41-18-6-2-7-19-41)60-58(62)51-28-16-17-29-53(51)64/h2-39,64H,1H3. The van der Waals surface area contributed by atoms with Crippen molar-refractivity contribution in [3.8, 4) is 96.4 Å². The van der Waals surface area contributed by atoms with E-state index in [2.05, 4.69) is 137 Å². The number of para-hydroxylation sites is 1. The Labute approximate surface area is 377 Å². The Morgan fingerprint density at radius 3 is 1.23 bits per heavy atom. The number of benzene rings is 9. The largest absolute Gasteiger partial charge is 0.507 e. The predicted molar refractivity (Wildman–Crippen MR) is 264 cm³/mol. The molecule has 0 aliphatic rings. The number of aryl methyl sites for hydroxylation is 1. The van der Waals surface area contributed by atoms with E-state index in [1.807, 2.05) is 103 Å². The van der Waals surface area contributed by atoms with E-state index >= 15 is 0 Å². The number of aromatic nitrogens is 4. The Balaban J connectivity index is 0.995. The van der Waals surface area contributed by atoms with E-state index in [4.69, 9.17) is 14.7 Å². The molecule has 2 heterocycles. The molecule has 1 N–H and O–H groups in total. The van der Waals surface area contributed by atoms with Crippen molar-refractivity contribution in [2.75, 3.05) is 0 Å². The van der Waals surface area contributed by atoms with E-state index in [0.29, 0.717) is 22.9 Å². The predicted octanol–water partition coefficient (Wildman–Crippen LogP) is 15.0. The molecule has 0 spiro atoms. The quantitative estimate of drug-likeness (QED) is 0.149. The van der Waals surface area contributed by atoms with Crippen molar-refractivity contribution in [2.45, 2.75) is 6.92 Å². The van der Waals surface area contributed by atoms with E-state index in [0.717, 1.165) is 78.7 Å². The van der Waals surface area contributed by atoms with Crippen LogP contribution in [-0.4, -0.2) is 24.2 Å². The van der Waals surface area contributed by atoms with Crippen molar-refractivity contribution in [2.24, 2.45) is 0 Å². The molecule has 0 amide bonds. The lowest BCUT2D eigenvalue weighted by molar-refractivity contribution is 0.476. The monoisotopic (exact) mass is 838 g/mol. The van der Waals surface area contributed by atoms with Gasteiger partial charge < -0.3 is 9.84 Å². The highest BCUT2D eigenvalue weighted by atomic mass is 16.5. The number of rotatable bonds is 10. The third-order valence-corrected chi connectivity index (χ3v) is 11.8. The minimum atomic E-state index is 0.156. The van der Waals surface area contributed by atoms with Crippen LogP contribution in [0.3, 0.4) is 0 Å². The van der Waals surface area contributed by atoms with Crippen LogP contribution >= 0.6 is 0 Å². The van der Waals surface area contributed by atoms with Gasteiger partial charge in [0.15, 0.2) is 0 Å². The van der Waals surface area contributed by atoms with Crippen LogP contribution in [0.25, 0.3) is 90.0 Å². The van der Waals surface area contributed by atoms with Crippen molar-refractivity contribution in [3.05, 3.63) is 236 Å². The fourth-order valence-electron chi connectivity index (χ4n) is 8.74. The molecule has 310 valence electrons. The molecule has 6 nitrogen and oxygen atoms in total. The zero-order valence-electron chi connectivity index (χ0n) is 35.6. The topological polar surface area (TPSA) is 65.1 Å². The van der Waals surface area contributed by atoms with Crippen molar-refractivity contribution >= 4 is 10.8 Å². The van der Waals surface area contributed by atoms with Gasteiger partial charge >= 0.3 is 0 Å². The maximum Gasteiger partial charge on any atom is 0.149 e. The van der Waals surface area contributed by atoms with Gasteiger partial charge in [0.1, 0.15) is 28.9 Å². The first kappa shape index (κ1) is 39.1. The molecule has 65 heavy (non-hydrogen) atoms. The first-order valence-corrected chi connectivity index (χ1v) is 21.7. The Morgan fingerprint density at radius 1 is 0.385 bits per heavy atom. The van der Waals surface area contributed by atoms with Gasteiger partial charge in [-0.1, -0.05) is 164 Å². The van der Waals surface area contributed by atoms with Gasteiger partial charge in [-0.3, -0.25) is 9.13 Å². The van der Waals surface area contributed by atoms with Crippen molar-refractivity contribution in [1.29, 1.82) is 0 Å². The maximum absolute atomic E-state index is 11.1. The number of phenols is 1. The Bertz CT molecular complexity index is 3430. The highest BCUT2D eigenvalue weighted by Gasteiger charge is 2.25. The molecule has 11 rings (SSSR count). The zero-order valence-corrected chi connectivity index (χ0v) is 35.6. The molecule has 0 bridgehead atoms. The third-order valence-electron chi connectivity index (χ3n) is 11.8. The Kier molecular flexibility index (Phi) is 10.1. The van der Waals surface area contributed by atoms with Gasteiger partial charge in [-0.25, -0.2) is 9.97 Å². The van der Waals surface area contributed by atoms with Crippen molar-refractivity contribution < 1.29 is 9.84 Å². The van der Waals surface area contributed by atoms with Gasteiger partial charge in [-0.2, -0.15) is 0 Å². The summed E-state index contributed by atoms with van der Waals surface area (Å²) in [5, 5.41) is 13.5. The second kappa shape index (κ2) is 16.9. The van der Waals surface area contributed by atoms with Crippen LogP contribution in [-0.2, 0) is 0 Å². The summed E-state index contributed by atoms with van der Waals surface area (Å²) >= 11 is 0. The molecule has 0 aliphatic heterocycles. The van der Waals surface area contributed by atoms with Crippen LogP contribution in [0.2, 0.25) is 0 Å². The molecular formula is C59H42N4O2. The molecule has 0 saturated carbocycles. The summed E-state index contributed by atoms with van der Waals surface area (Å²) in [5.41, 5.74) is 12.4. The summed E-state index contributed by atoms with van der Waals surface area (Å²) in [4.78, 5) is 10.7. The maximum atomic E-state index is 11.1. The molecule has 0 fully saturated rings. The highest BCUT2D eigenvalue weighted by molar-refractivity contribution is 5.91. The molecule has 0 radical (unpaired) electrons. The summed E-state index contributed by atoms with van der Waals surface area (Å²) in [5.74, 6) is 3.03. The average Bonchev–Trinajstić information content (AvgIpc) is 3.96. The second-order valence-electron chi connectivity index (χ2n) is 16.0. The Hall–Kier alpha value is -8.74. The lowest BCUT2D eigenvalue weighted by atomic mass is 10.0. The summed E-state index contributed by atoms with van der Waals surface area (Å²) in [6.45, 7) is 2.16. The number of fused-ring (bicyclic) bond motifs is 1. The van der Waals surface area contributed by atoms with Crippen molar-refractivity contribution in [1.82, 2.24) is 19.1 Å². The molecule has 0 unspecified atom stereocenters. The number of ether oxygens (including phenoxy) is 1. The minimum Gasteiger partial charge on any atom is -0.507 e. The van der Waals surface area contributed by atoms with E-state index < -0.39 is 0 Å². The second-order valence-corrected chi connectivity index (χ2v) is 16.0. The van der Waals surface area contributed by atoms with Crippen LogP contribution in [0.5, 0.6) is 17.2 Å². The van der Waals surface area contributed by atoms with Gasteiger partial charge in [-0.05, 0) is 90.0 Å². The lowest BCUT2D eigenvalue weighted by Gasteiger charge is -2.16. The first-order valence-electron chi connectivity index (χ1n) is 21.7. The van der Waals surface area contributed by atoms with Crippen LogP contribution < -0.4 is 4.74 Å². The van der Waals surface area contributed by atoms with Gasteiger partial charge in [0, 0.05) is 39.2 Å². The SMILES string of the molecule is Cc1cc2ccccc2cc1-c1nc(-c2ccccc2)c(-c2ccccc2)n1-c1ccc(Oc2ccc(-n3c(-c4ccccc4O)nc(-c4ccccc4)c3-c3ccccc3)cc2)cc1. The van der Waals surface area contributed by atoms with E-state index in [9.17, 15) is 5.11 Å². The number of hydrogen-bond acceptors (Lipinski definition) is 4. The Morgan fingerprint density at radius 2 is 0.769 bits per heavy atom. The number of imidazole rings is 2. The molecule has 2 aromatic heterocycles. The summed E-state index contributed by atoms with van der Waals surface area (Å²) in [6.07, 6.45) is 0. The number of nitrogens with zero attached hydrogens (tertiary/aromatic N) is 4. The van der Waals surface area contributed by atoms with Crippen LogP contribution in [0.15, 0.2) is 231 Å². The molecule has 0 atom stereocenters. The molecule has 9 aromatic carbocycles. The number of aromatic hydroxyl groups is 1. The number of hydrogen-bond donors (Lipinski definition) is 1. The molecular weight excluding hydrogens is 797 g/mol. The molecule has 6 heteroatoms. The summed E-state index contributed by atoms with van der Waals surface area (Å²) in [6, 6.07) is 78.0. The van der Waals surface area contributed by atoms with E-state index in [1.165, 1.54) is 5.39 Å². The smallest absolute Gasteiger partial charge is 0.149 e. The van der Waals surface area contributed by atoms with Gasteiger partial charge in [-0.15, -0.1) is 0 Å². The zero-order chi connectivity index (χ0) is 43.7. The van der Waals surface area contributed by atoms with Crippen LogP contribution in [0.1, 0.15) is 5.56 Å². The van der Waals surface area contributed by atoms with Gasteiger partial charge in [0.2, 0.25) is 0 Å². The number of phenolic OH excluding ortho intramolecular Hbond substituents is 1. The lowest BCUT2D eigenvalue weighted by Crippen LogP contribution is -2.02. The van der Waals surface area contributed by atoms with Crippen LogP contribution in [0.4, 0.5) is 0 Å². The fraction of sp³-hybridized carbons (Fsp3) is 0.0169. The minimum absolute atomic E-state index is 0.156. The molecule has 11 aromatic rings. The van der Waals surface area contributed by atoms with E-state index in [-0.39, 0.29) is 5.75 Å². The van der Waals surface area contributed by atoms with E-state index in [1.54, 1.807) is 6.07 Å². The summed E-state index contributed by atoms with van der Waals surface area (Å²) < 4.78 is 11.0. The fourth-order valence-corrected chi connectivity index (χ4v) is 8.74. The first-order chi connectivity index (χ1) is 32.1. The molecule has 0 aliphatic carbocycles. The molecule has 0 saturated heterocycles.